The second-order valence-corrected chi connectivity index (χ2v) is 6.85. The van der Waals surface area contributed by atoms with Crippen LogP contribution in [-0.4, -0.2) is 27.2 Å². The van der Waals surface area contributed by atoms with Crippen molar-refractivity contribution in [1.29, 1.82) is 0 Å². The van der Waals surface area contributed by atoms with Crippen molar-refractivity contribution in [3.05, 3.63) is 80.7 Å². The fraction of sp³-hybridized carbons (Fsp3) is 0.150. The molecule has 3 aromatic rings. The number of carboxylic acid groups (broad SMARTS) is 1. The van der Waals surface area contributed by atoms with Gasteiger partial charge in [0.2, 0.25) is 0 Å². The molecule has 0 radical (unpaired) electrons. The maximum absolute atomic E-state index is 12.9. The quantitative estimate of drug-likeness (QED) is 0.607. The summed E-state index contributed by atoms with van der Waals surface area (Å²) in [5, 5.41) is 12.7. The van der Waals surface area contributed by atoms with Gasteiger partial charge in [0.25, 0.3) is 5.56 Å². The van der Waals surface area contributed by atoms with E-state index in [-0.39, 0.29) is 16.7 Å². The Bertz CT molecular complexity index is 1050. The molecular weight excluding hydrogens is 401 g/mol. The topological polar surface area (TPSA) is 84.2 Å². The number of anilines is 1. The van der Waals surface area contributed by atoms with Crippen molar-refractivity contribution >= 4 is 35.0 Å². The van der Waals surface area contributed by atoms with E-state index in [9.17, 15) is 14.7 Å². The lowest BCUT2D eigenvalue weighted by Gasteiger charge is -2.15. The molecule has 0 bridgehead atoms. The zero-order valence-electron chi connectivity index (χ0n) is 14.7. The zero-order chi connectivity index (χ0) is 20.1. The van der Waals surface area contributed by atoms with Crippen LogP contribution in [0.1, 0.15) is 5.56 Å². The number of nitrogens with zero attached hydrogens (tertiary/aromatic N) is 2. The van der Waals surface area contributed by atoms with E-state index in [0.717, 1.165) is 10.1 Å². The lowest BCUT2D eigenvalue weighted by Crippen LogP contribution is -2.30. The molecule has 2 aromatic carbocycles. The molecule has 0 unspecified atom stereocenters. The molecule has 1 heterocycles. The largest absolute Gasteiger partial charge is 0.480 e. The van der Waals surface area contributed by atoms with Crippen LogP contribution in [0, 0.1) is 0 Å². The Hall–Kier alpha value is -2.83. The molecule has 0 amide bonds. The summed E-state index contributed by atoms with van der Waals surface area (Å²) in [6, 6.07) is 16.4. The molecule has 1 aromatic heterocycles. The second-order valence-electron chi connectivity index (χ2n) is 6.06. The lowest BCUT2D eigenvalue weighted by atomic mass is 10.1. The van der Waals surface area contributed by atoms with E-state index >= 15 is 0 Å². The van der Waals surface area contributed by atoms with Gasteiger partial charge in [-0.25, -0.2) is 4.98 Å². The summed E-state index contributed by atoms with van der Waals surface area (Å²) < 4.78 is 1.09. The van der Waals surface area contributed by atoms with Crippen LogP contribution in [0.5, 0.6) is 0 Å². The summed E-state index contributed by atoms with van der Waals surface area (Å²) in [5.74, 6) is -1.16. The van der Waals surface area contributed by atoms with Gasteiger partial charge < -0.3 is 10.4 Å². The van der Waals surface area contributed by atoms with Crippen molar-refractivity contribution in [2.24, 2.45) is 0 Å². The molecule has 0 atom stereocenters. The van der Waals surface area contributed by atoms with Crippen LogP contribution >= 0.6 is 23.2 Å². The molecule has 0 saturated carbocycles. The van der Waals surface area contributed by atoms with Crippen LogP contribution in [0.3, 0.4) is 0 Å². The number of carbonyl (C=O) groups is 1. The molecule has 0 aliphatic heterocycles. The van der Waals surface area contributed by atoms with E-state index in [1.807, 2.05) is 30.3 Å². The van der Waals surface area contributed by atoms with Crippen molar-refractivity contribution in [3.8, 4) is 11.3 Å². The minimum atomic E-state index is -1.16. The highest BCUT2D eigenvalue weighted by atomic mass is 35.5. The Morgan fingerprint density at radius 1 is 1.11 bits per heavy atom. The van der Waals surface area contributed by atoms with Crippen LogP contribution in [0.25, 0.3) is 11.3 Å². The average Bonchev–Trinajstić information content (AvgIpc) is 2.66. The van der Waals surface area contributed by atoms with Gasteiger partial charge in [-0.15, -0.1) is 0 Å². The van der Waals surface area contributed by atoms with Gasteiger partial charge in [0.05, 0.1) is 5.69 Å². The van der Waals surface area contributed by atoms with E-state index in [2.05, 4.69) is 10.3 Å². The molecule has 0 spiro atoms. The van der Waals surface area contributed by atoms with Crippen molar-refractivity contribution in [3.63, 3.8) is 0 Å². The van der Waals surface area contributed by atoms with Crippen molar-refractivity contribution < 1.29 is 9.90 Å². The highest BCUT2D eigenvalue weighted by molar-refractivity contribution is 6.32. The molecule has 0 aliphatic rings. The van der Waals surface area contributed by atoms with Crippen LogP contribution < -0.4 is 10.9 Å². The maximum Gasteiger partial charge on any atom is 0.323 e. The van der Waals surface area contributed by atoms with Gasteiger partial charge in [-0.2, -0.15) is 0 Å². The smallest absolute Gasteiger partial charge is 0.323 e. The standard InChI is InChI=1S/C20H17Cl2N3O3/c21-15-8-4-7-14(11-15)17-18(22)24-19(20(28)25(17)12-16(26)27)23-10-9-13-5-2-1-3-6-13/h1-8,11H,9-10,12H2,(H,23,24)(H,26,27). The van der Waals surface area contributed by atoms with Crippen molar-refractivity contribution in [1.82, 2.24) is 9.55 Å². The molecule has 3 rings (SSSR count). The molecule has 2 N–H and O–H groups in total. The van der Waals surface area contributed by atoms with Crippen molar-refractivity contribution in [2.75, 3.05) is 11.9 Å². The minimum absolute atomic E-state index is 0.00737. The number of aliphatic carboxylic acids is 1. The van der Waals surface area contributed by atoms with Crippen LogP contribution in [-0.2, 0) is 17.8 Å². The number of hydrogen-bond donors (Lipinski definition) is 2. The summed E-state index contributed by atoms with van der Waals surface area (Å²) in [6.07, 6.45) is 0.675. The molecule has 8 heteroatoms. The minimum Gasteiger partial charge on any atom is -0.480 e. The first-order valence-corrected chi connectivity index (χ1v) is 9.27. The summed E-state index contributed by atoms with van der Waals surface area (Å²) in [7, 11) is 0. The first-order chi connectivity index (χ1) is 13.5. The Labute approximate surface area is 171 Å². The van der Waals surface area contributed by atoms with Crippen LogP contribution in [0.4, 0.5) is 5.82 Å². The summed E-state index contributed by atoms with van der Waals surface area (Å²) in [6.45, 7) is -0.0948. The molecule has 0 fully saturated rings. The highest BCUT2D eigenvalue weighted by Crippen LogP contribution is 2.28. The SMILES string of the molecule is O=C(O)Cn1c(-c2cccc(Cl)c2)c(Cl)nc(NCCc2ccccc2)c1=O. The fourth-order valence-corrected chi connectivity index (χ4v) is 3.31. The van der Waals surface area contributed by atoms with E-state index in [1.54, 1.807) is 24.3 Å². The monoisotopic (exact) mass is 417 g/mol. The summed E-state index contributed by atoms with van der Waals surface area (Å²) in [4.78, 5) is 28.3. The number of nitrogens with one attached hydrogen (secondary N) is 1. The first-order valence-electron chi connectivity index (χ1n) is 8.51. The van der Waals surface area contributed by atoms with Crippen molar-refractivity contribution in [2.45, 2.75) is 13.0 Å². The number of carboxylic acids is 1. The van der Waals surface area contributed by atoms with E-state index in [1.165, 1.54) is 0 Å². The number of aromatic nitrogens is 2. The molecule has 0 saturated heterocycles. The fourth-order valence-electron chi connectivity index (χ4n) is 2.82. The van der Waals surface area contributed by atoms with Gasteiger partial charge in [0, 0.05) is 17.1 Å². The van der Waals surface area contributed by atoms with Crippen LogP contribution in [0.2, 0.25) is 10.2 Å². The maximum atomic E-state index is 12.9. The Morgan fingerprint density at radius 3 is 2.54 bits per heavy atom. The highest BCUT2D eigenvalue weighted by Gasteiger charge is 2.19. The number of benzene rings is 2. The molecule has 28 heavy (non-hydrogen) atoms. The third-order valence-corrected chi connectivity index (χ3v) is 4.56. The van der Waals surface area contributed by atoms with Gasteiger partial charge >= 0.3 is 5.97 Å². The number of rotatable bonds is 7. The van der Waals surface area contributed by atoms with Gasteiger partial charge in [0.1, 0.15) is 6.54 Å². The molecular formula is C20H17Cl2N3O3. The Morgan fingerprint density at radius 2 is 1.86 bits per heavy atom. The first kappa shape index (κ1) is 19.9. The van der Waals surface area contributed by atoms with Crippen LogP contribution in [0.15, 0.2) is 59.4 Å². The van der Waals surface area contributed by atoms with Gasteiger partial charge in [0.15, 0.2) is 11.0 Å². The average molecular weight is 418 g/mol. The third-order valence-electron chi connectivity index (χ3n) is 4.06. The number of hydrogen-bond acceptors (Lipinski definition) is 4. The molecule has 144 valence electrons. The molecule has 0 aliphatic carbocycles. The normalized spacial score (nSPS) is 10.6. The van der Waals surface area contributed by atoms with E-state index in [4.69, 9.17) is 23.2 Å². The predicted octanol–water partition coefficient (Wildman–Crippen LogP) is 3.96. The lowest BCUT2D eigenvalue weighted by molar-refractivity contribution is -0.137. The van der Waals surface area contributed by atoms with Gasteiger partial charge in [-0.3, -0.25) is 14.2 Å². The summed E-state index contributed by atoms with van der Waals surface area (Å²) >= 11 is 12.3. The zero-order valence-corrected chi connectivity index (χ0v) is 16.2. The van der Waals surface area contributed by atoms with Gasteiger partial charge in [-0.05, 0) is 24.1 Å². The second kappa shape index (κ2) is 8.91. The number of halogens is 2. The third kappa shape index (κ3) is 4.71. The Balaban J connectivity index is 1.95. The van der Waals surface area contributed by atoms with E-state index in [0.29, 0.717) is 23.6 Å². The van der Waals surface area contributed by atoms with E-state index < -0.39 is 18.1 Å². The summed E-state index contributed by atoms with van der Waals surface area (Å²) in [5.41, 5.74) is 1.27. The van der Waals surface area contributed by atoms with Gasteiger partial charge in [-0.1, -0.05) is 65.7 Å². The Kier molecular flexibility index (Phi) is 6.34. The predicted molar refractivity (Wildman–Crippen MR) is 110 cm³/mol. The molecule has 6 nitrogen and oxygen atoms in total.